The van der Waals surface area contributed by atoms with Gasteiger partial charge in [-0.25, -0.2) is 4.39 Å². The number of carbonyl (C=O) groups is 2. The summed E-state index contributed by atoms with van der Waals surface area (Å²) < 4.78 is 13.3. The highest BCUT2D eigenvalue weighted by Crippen LogP contribution is 2.23. The summed E-state index contributed by atoms with van der Waals surface area (Å²) in [4.78, 5) is 29.9. The summed E-state index contributed by atoms with van der Waals surface area (Å²) in [5, 5.41) is 0.113. The molecule has 0 spiro atoms. The largest absolute Gasteiger partial charge is 0.368 e. The number of carbonyl (C=O) groups excluding carboxylic acids is 2. The zero-order valence-electron chi connectivity index (χ0n) is 14.2. The Bertz CT molecular complexity index is 647. The molecule has 0 unspecified atom stereocenters. The monoisotopic (exact) mass is 367 g/mol. The second-order valence-corrected chi connectivity index (χ2v) is 6.96. The molecule has 0 N–H and O–H groups in total. The van der Waals surface area contributed by atoms with Gasteiger partial charge in [0.2, 0.25) is 11.8 Å². The fourth-order valence-electron chi connectivity index (χ4n) is 3.38. The number of rotatable bonds is 4. The van der Waals surface area contributed by atoms with E-state index in [0.717, 1.165) is 25.1 Å². The molecule has 0 aliphatic carbocycles. The average Bonchev–Trinajstić information content (AvgIpc) is 2.63. The van der Waals surface area contributed by atoms with E-state index < -0.39 is 5.82 Å². The summed E-state index contributed by atoms with van der Waals surface area (Å²) in [6.45, 7) is 3.92. The van der Waals surface area contributed by atoms with Crippen molar-refractivity contribution in [1.29, 1.82) is 0 Å². The molecule has 0 aromatic heterocycles. The first-order valence-corrected chi connectivity index (χ1v) is 9.18. The minimum absolute atomic E-state index is 0.0927. The van der Waals surface area contributed by atoms with Crippen LogP contribution in [0.15, 0.2) is 18.2 Å². The Balaban J connectivity index is 1.47. The molecule has 2 heterocycles. The number of nitrogens with zero attached hydrogens (tertiary/aromatic N) is 3. The molecule has 5 nitrogen and oxygen atoms in total. The van der Waals surface area contributed by atoms with Gasteiger partial charge in [0.05, 0.1) is 5.02 Å². The van der Waals surface area contributed by atoms with E-state index >= 15 is 0 Å². The predicted octanol–water partition coefficient (Wildman–Crippen LogP) is 2.53. The molecule has 2 aliphatic heterocycles. The van der Waals surface area contributed by atoms with Crippen LogP contribution >= 0.6 is 11.6 Å². The van der Waals surface area contributed by atoms with Crippen LogP contribution in [0.1, 0.15) is 25.7 Å². The van der Waals surface area contributed by atoms with Crippen LogP contribution in [0.4, 0.5) is 10.1 Å². The summed E-state index contributed by atoms with van der Waals surface area (Å²) in [6, 6.07) is 4.70. The molecule has 3 rings (SSSR count). The fraction of sp³-hybridized carbons (Fsp3) is 0.556. The zero-order valence-corrected chi connectivity index (χ0v) is 15.0. The van der Waals surface area contributed by atoms with Crippen LogP contribution in [0.3, 0.4) is 0 Å². The van der Waals surface area contributed by atoms with Crippen molar-refractivity contribution in [2.75, 3.05) is 44.2 Å². The number of halogens is 2. The second kappa shape index (κ2) is 8.04. The maximum atomic E-state index is 13.3. The van der Waals surface area contributed by atoms with Gasteiger partial charge in [0, 0.05) is 57.8 Å². The molecular formula is C18H23ClFN3O2. The smallest absolute Gasteiger partial charge is 0.224 e. The van der Waals surface area contributed by atoms with Crippen molar-refractivity contribution in [3.05, 3.63) is 29.0 Å². The third kappa shape index (κ3) is 4.42. The van der Waals surface area contributed by atoms with Gasteiger partial charge < -0.3 is 14.7 Å². The molecule has 25 heavy (non-hydrogen) atoms. The predicted molar refractivity (Wildman–Crippen MR) is 95.3 cm³/mol. The molecule has 0 bridgehead atoms. The van der Waals surface area contributed by atoms with Crippen LogP contribution in [-0.2, 0) is 9.59 Å². The van der Waals surface area contributed by atoms with E-state index in [1.165, 1.54) is 6.07 Å². The maximum absolute atomic E-state index is 13.3. The molecule has 0 atom stereocenters. The van der Waals surface area contributed by atoms with Crippen LogP contribution in [-0.4, -0.2) is 60.9 Å². The van der Waals surface area contributed by atoms with E-state index in [2.05, 4.69) is 4.90 Å². The second-order valence-electron chi connectivity index (χ2n) is 6.55. The van der Waals surface area contributed by atoms with Crippen LogP contribution in [0.2, 0.25) is 5.02 Å². The molecule has 2 saturated heterocycles. The van der Waals surface area contributed by atoms with Gasteiger partial charge >= 0.3 is 0 Å². The molecule has 136 valence electrons. The Morgan fingerprint density at radius 1 is 1.12 bits per heavy atom. The van der Waals surface area contributed by atoms with E-state index in [-0.39, 0.29) is 16.8 Å². The van der Waals surface area contributed by atoms with Crippen LogP contribution in [0.5, 0.6) is 0 Å². The summed E-state index contributed by atoms with van der Waals surface area (Å²) in [5.41, 5.74) is 0.873. The van der Waals surface area contributed by atoms with E-state index in [1.807, 2.05) is 4.90 Å². The molecule has 2 aliphatic rings. The number of benzene rings is 1. The first kappa shape index (κ1) is 18.0. The molecule has 0 saturated carbocycles. The Labute approximate surface area is 152 Å². The van der Waals surface area contributed by atoms with Gasteiger partial charge in [-0.1, -0.05) is 11.6 Å². The fourth-order valence-corrected chi connectivity index (χ4v) is 3.56. The average molecular weight is 368 g/mol. The van der Waals surface area contributed by atoms with Gasteiger partial charge in [0.1, 0.15) is 5.82 Å². The van der Waals surface area contributed by atoms with Crippen molar-refractivity contribution in [3.63, 3.8) is 0 Å². The van der Waals surface area contributed by atoms with Crippen molar-refractivity contribution in [2.45, 2.75) is 25.7 Å². The van der Waals surface area contributed by atoms with E-state index in [4.69, 9.17) is 11.6 Å². The Morgan fingerprint density at radius 2 is 1.88 bits per heavy atom. The Kier molecular flexibility index (Phi) is 5.78. The number of amides is 2. The van der Waals surface area contributed by atoms with Gasteiger partial charge in [-0.05, 0) is 31.0 Å². The maximum Gasteiger partial charge on any atom is 0.224 e. The Morgan fingerprint density at radius 3 is 2.56 bits per heavy atom. The van der Waals surface area contributed by atoms with E-state index in [0.29, 0.717) is 45.6 Å². The lowest BCUT2D eigenvalue weighted by Crippen LogP contribution is -2.49. The lowest BCUT2D eigenvalue weighted by Gasteiger charge is -2.36. The molecule has 2 fully saturated rings. The number of likely N-dealkylation sites (tertiary alicyclic amines) is 1. The normalized spacial score (nSPS) is 18.6. The summed E-state index contributed by atoms with van der Waals surface area (Å²) in [6.07, 6.45) is 2.97. The summed E-state index contributed by atoms with van der Waals surface area (Å²) in [5.74, 6) is -0.168. The third-order valence-electron chi connectivity index (χ3n) is 4.92. The molecule has 1 aromatic carbocycles. The van der Waals surface area contributed by atoms with Gasteiger partial charge in [-0.2, -0.15) is 0 Å². The Hall–Kier alpha value is -1.82. The van der Waals surface area contributed by atoms with Crippen molar-refractivity contribution >= 4 is 29.1 Å². The number of anilines is 1. The van der Waals surface area contributed by atoms with Crippen molar-refractivity contribution < 1.29 is 14.0 Å². The topological polar surface area (TPSA) is 43.9 Å². The molecule has 0 radical (unpaired) electrons. The third-order valence-corrected chi connectivity index (χ3v) is 5.21. The molecule has 2 amide bonds. The summed E-state index contributed by atoms with van der Waals surface area (Å²) in [7, 11) is 0. The highest BCUT2D eigenvalue weighted by Gasteiger charge is 2.24. The molecule has 7 heteroatoms. The van der Waals surface area contributed by atoms with Crippen LogP contribution in [0.25, 0.3) is 0 Å². The highest BCUT2D eigenvalue weighted by molar-refractivity contribution is 6.31. The number of hydrogen-bond donors (Lipinski definition) is 0. The number of hydrogen-bond acceptors (Lipinski definition) is 3. The minimum atomic E-state index is -0.425. The van der Waals surface area contributed by atoms with Crippen molar-refractivity contribution in [2.24, 2.45) is 0 Å². The molecule has 1 aromatic rings. The number of piperidine rings is 1. The van der Waals surface area contributed by atoms with Crippen molar-refractivity contribution in [3.8, 4) is 0 Å². The number of piperazine rings is 1. The van der Waals surface area contributed by atoms with Crippen molar-refractivity contribution in [1.82, 2.24) is 9.80 Å². The minimum Gasteiger partial charge on any atom is -0.368 e. The summed E-state index contributed by atoms with van der Waals surface area (Å²) >= 11 is 5.84. The first-order valence-electron chi connectivity index (χ1n) is 8.80. The van der Waals surface area contributed by atoms with E-state index in [1.54, 1.807) is 17.0 Å². The van der Waals surface area contributed by atoms with E-state index in [9.17, 15) is 14.0 Å². The van der Waals surface area contributed by atoms with Gasteiger partial charge in [0.15, 0.2) is 0 Å². The lowest BCUT2D eigenvalue weighted by molar-refractivity contribution is -0.135. The standard InChI is InChI=1S/C18H23ClFN3O2/c19-15-13-14(4-5-16(15)20)21-9-11-23(12-10-21)18(25)6-8-22-7-2-1-3-17(22)24/h4-5,13H,1-3,6-12H2. The van der Waals surface area contributed by atoms with Gasteiger partial charge in [-0.3, -0.25) is 9.59 Å². The molecular weight excluding hydrogens is 345 g/mol. The lowest BCUT2D eigenvalue weighted by atomic mass is 10.1. The highest BCUT2D eigenvalue weighted by atomic mass is 35.5. The van der Waals surface area contributed by atoms with Crippen LogP contribution in [0, 0.1) is 5.82 Å². The van der Waals surface area contributed by atoms with Gasteiger partial charge in [-0.15, -0.1) is 0 Å². The van der Waals surface area contributed by atoms with Crippen LogP contribution < -0.4 is 4.90 Å². The first-order chi connectivity index (χ1) is 12.0. The SMILES string of the molecule is O=C1CCCCN1CCC(=O)N1CCN(c2ccc(F)c(Cl)c2)CC1. The zero-order chi connectivity index (χ0) is 17.8. The van der Waals surface area contributed by atoms with Gasteiger partial charge in [0.25, 0.3) is 0 Å². The quantitative estimate of drug-likeness (QED) is 0.821.